The number of hydrogen-bond acceptors (Lipinski definition) is 3. The maximum absolute atomic E-state index is 13.4. The van der Waals surface area contributed by atoms with Crippen LogP contribution in [-0.4, -0.2) is 19.0 Å². The van der Waals surface area contributed by atoms with E-state index in [-0.39, 0.29) is 11.3 Å². The lowest BCUT2D eigenvalue weighted by Gasteiger charge is -2.13. The average Bonchev–Trinajstić information content (AvgIpc) is 2.78. The Bertz CT molecular complexity index is 1120. The third kappa shape index (κ3) is 5.39. The van der Waals surface area contributed by atoms with Crippen molar-refractivity contribution in [1.82, 2.24) is 5.32 Å². The van der Waals surface area contributed by atoms with Gasteiger partial charge in [-0.25, -0.2) is 4.79 Å². The van der Waals surface area contributed by atoms with Gasteiger partial charge < -0.3 is 10.1 Å². The Hall–Kier alpha value is -3.87. The van der Waals surface area contributed by atoms with E-state index >= 15 is 0 Å². The summed E-state index contributed by atoms with van der Waals surface area (Å²) in [6.45, 7) is 0. The van der Waals surface area contributed by atoms with Gasteiger partial charge in [0.25, 0.3) is 5.91 Å². The molecule has 0 radical (unpaired) electrons. The highest BCUT2D eigenvalue weighted by molar-refractivity contribution is 6.03. The molecule has 0 fully saturated rings. The molecule has 0 unspecified atom stereocenters. The Morgan fingerprint density at radius 1 is 0.903 bits per heavy atom. The molecule has 1 amide bonds. The third-order valence-corrected chi connectivity index (χ3v) is 4.43. The van der Waals surface area contributed by atoms with Crippen LogP contribution in [0.3, 0.4) is 0 Å². The lowest BCUT2D eigenvalue weighted by Crippen LogP contribution is -2.28. The molecule has 3 aromatic rings. The predicted molar refractivity (Wildman–Crippen MR) is 111 cm³/mol. The quantitative estimate of drug-likeness (QED) is 0.445. The number of esters is 1. The summed E-state index contributed by atoms with van der Waals surface area (Å²) in [4.78, 5) is 24.6. The number of amides is 1. The predicted octanol–water partition coefficient (Wildman–Crippen LogP) is 5.32. The van der Waals surface area contributed by atoms with Crippen molar-refractivity contribution in [2.45, 2.75) is 6.18 Å². The van der Waals surface area contributed by atoms with E-state index in [0.29, 0.717) is 16.7 Å². The first-order valence-electron chi connectivity index (χ1n) is 9.22. The number of hydrogen-bond donors (Lipinski definition) is 1. The van der Waals surface area contributed by atoms with Crippen molar-refractivity contribution in [3.05, 3.63) is 101 Å². The zero-order chi connectivity index (χ0) is 22.4. The summed E-state index contributed by atoms with van der Waals surface area (Å²) in [6.07, 6.45) is -3.16. The zero-order valence-electron chi connectivity index (χ0n) is 16.4. The third-order valence-electron chi connectivity index (χ3n) is 4.43. The Morgan fingerprint density at radius 3 is 2.26 bits per heavy atom. The highest BCUT2D eigenvalue weighted by Crippen LogP contribution is 2.37. The smallest absolute Gasteiger partial charge is 0.417 e. The van der Waals surface area contributed by atoms with Gasteiger partial charge in [-0.2, -0.15) is 13.2 Å². The first-order chi connectivity index (χ1) is 14.8. The van der Waals surface area contributed by atoms with E-state index in [2.05, 4.69) is 5.32 Å². The Labute approximate surface area is 177 Å². The lowest BCUT2D eigenvalue weighted by atomic mass is 9.97. The van der Waals surface area contributed by atoms with Gasteiger partial charge in [-0.3, -0.25) is 4.79 Å². The topological polar surface area (TPSA) is 55.4 Å². The van der Waals surface area contributed by atoms with Gasteiger partial charge in [-0.05, 0) is 47.0 Å². The molecule has 7 heteroatoms. The second-order valence-electron chi connectivity index (χ2n) is 6.54. The van der Waals surface area contributed by atoms with Crippen molar-refractivity contribution in [2.24, 2.45) is 0 Å². The molecule has 4 nitrogen and oxygen atoms in total. The van der Waals surface area contributed by atoms with Crippen molar-refractivity contribution in [3.8, 4) is 11.1 Å². The van der Waals surface area contributed by atoms with E-state index in [1.54, 1.807) is 48.5 Å². The second kappa shape index (κ2) is 9.30. The molecule has 0 aliphatic heterocycles. The normalized spacial score (nSPS) is 11.7. The number of benzene rings is 3. The largest absolute Gasteiger partial charge is 0.464 e. The summed E-state index contributed by atoms with van der Waals surface area (Å²) >= 11 is 0. The molecule has 0 aliphatic carbocycles. The maximum Gasteiger partial charge on any atom is 0.417 e. The summed E-state index contributed by atoms with van der Waals surface area (Å²) in [6, 6.07) is 19.7. The van der Waals surface area contributed by atoms with Gasteiger partial charge in [-0.15, -0.1) is 0 Å². The van der Waals surface area contributed by atoms with Crippen LogP contribution in [0.2, 0.25) is 0 Å². The maximum atomic E-state index is 13.4. The molecule has 3 aromatic carbocycles. The van der Waals surface area contributed by atoms with Gasteiger partial charge in [0.1, 0.15) is 5.70 Å². The molecule has 3 rings (SSSR count). The van der Waals surface area contributed by atoms with Crippen LogP contribution >= 0.6 is 0 Å². The van der Waals surface area contributed by atoms with Crippen molar-refractivity contribution >= 4 is 18.0 Å². The number of ether oxygens (including phenoxy) is 1. The zero-order valence-corrected chi connectivity index (χ0v) is 16.4. The summed E-state index contributed by atoms with van der Waals surface area (Å²) in [7, 11) is 1.17. The van der Waals surface area contributed by atoms with Crippen molar-refractivity contribution in [1.29, 1.82) is 0 Å². The number of carbonyl (C=O) groups is 2. The van der Waals surface area contributed by atoms with E-state index < -0.39 is 23.6 Å². The monoisotopic (exact) mass is 425 g/mol. The lowest BCUT2D eigenvalue weighted by molar-refractivity contribution is -0.137. The first-order valence-corrected chi connectivity index (χ1v) is 9.22. The number of carbonyl (C=O) groups excluding carboxylic acids is 2. The van der Waals surface area contributed by atoms with Crippen molar-refractivity contribution in [2.75, 3.05) is 7.11 Å². The van der Waals surface area contributed by atoms with Crippen LogP contribution in [0.15, 0.2) is 84.6 Å². The van der Waals surface area contributed by atoms with Gasteiger partial charge >= 0.3 is 12.1 Å². The van der Waals surface area contributed by atoms with Gasteiger partial charge in [0.2, 0.25) is 0 Å². The van der Waals surface area contributed by atoms with Gasteiger partial charge in [0, 0.05) is 5.56 Å². The van der Waals surface area contributed by atoms with E-state index in [4.69, 9.17) is 4.74 Å². The van der Waals surface area contributed by atoms with Crippen molar-refractivity contribution in [3.63, 3.8) is 0 Å². The van der Waals surface area contributed by atoms with Crippen LogP contribution in [-0.2, 0) is 15.7 Å². The minimum atomic E-state index is -4.51. The SMILES string of the molecule is COC(=O)/C(=C/c1cccc(-c2ccccc2C(F)(F)F)c1)NC(=O)c1ccccc1. The first kappa shape index (κ1) is 21.8. The Balaban J connectivity index is 1.98. The van der Waals surface area contributed by atoms with Gasteiger partial charge in [0.05, 0.1) is 12.7 Å². The van der Waals surface area contributed by atoms with Crippen LogP contribution in [0, 0.1) is 0 Å². The molecule has 0 aliphatic rings. The summed E-state index contributed by atoms with van der Waals surface area (Å²) in [5.41, 5.74) is 0.186. The highest BCUT2D eigenvalue weighted by Gasteiger charge is 2.33. The van der Waals surface area contributed by atoms with Crippen LogP contribution in [0.1, 0.15) is 21.5 Å². The molecule has 0 saturated carbocycles. The number of alkyl halides is 3. The van der Waals surface area contributed by atoms with E-state index in [1.165, 1.54) is 37.5 Å². The minimum Gasteiger partial charge on any atom is -0.464 e. The number of halogens is 3. The minimum absolute atomic E-state index is 0.0122. The molecule has 0 atom stereocenters. The number of rotatable bonds is 5. The van der Waals surface area contributed by atoms with Crippen molar-refractivity contribution < 1.29 is 27.5 Å². The van der Waals surface area contributed by atoms with Gasteiger partial charge in [0.15, 0.2) is 0 Å². The fourth-order valence-electron chi connectivity index (χ4n) is 2.98. The van der Waals surface area contributed by atoms with Crippen LogP contribution in [0.4, 0.5) is 13.2 Å². The van der Waals surface area contributed by atoms with E-state index in [1.807, 2.05) is 0 Å². The molecule has 158 valence electrons. The number of methoxy groups -OCH3 is 1. The summed E-state index contributed by atoms with van der Waals surface area (Å²) < 4.78 is 44.9. The van der Waals surface area contributed by atoms with E-state index in [9.17, 15) is 22.8 Å². The summed E-state index contributed by atoms with van der Waals surface area (Å²) in [5.74, 6) is -1.30. The molecule has 0 bridgehead atoms. The average molecular weight is 425 g/mol. The molecule has 0 heterocycles. The Kier molecular flexibility index (Phi) is 6.55. The standard InChI is InChI=1S/C24H18F3NO3/c1-31-23(30)21(28-22(29)17-9-3-2-4-10-17)15-16-8-7-11-18(14-16)19-12-5-6-13-20(19)24(25,26)27/h2-15H,1H3,(H,28,29)/b21-15-. The molecular formula is C24H18F3NO3. The van der Waals surface area contributed by atoms with Crippen LogP contribution < -0.4 is 5.32 Å². The van der Waals surface area contributed by atoms with Crippen LogP contribution in [0.25, 0.3) is 17.2 Å². The Morgan fingerprint density at radius 2 is 1.58 bits per heavy atom. The fourth-order valence-corrected chi connectivity index (χ4v) is 2.98. The highest BCUT2D eigenvalue weighted by atomic mass is 19.4. The second-order valence-corrected chi connectivity index (χ2v) is 6.54. The van der Waals surface area contributed by atoms with Gasteiger partial charge in [-0.1, -0.05) is 54.6 Å². The summed E-state index contributed by atoms with van der Waals surface area (Å²) in [5, 5.41) is 2.49. The molecule has 0 aromatic heterocycles. The molecular weight excluding hydrogens is 407 g/mol. The molecule has 0 saturated heterocycles. The molecule has 1 N–H and O–H groups in total. The number of nitrogens with one attached hydrogen (secondary N) is 1. The molecule has 0 spiro atoms. The fraction of sp³-hybridized carbons (Fsp3) is 0.0833. The van der Waals surface area contributed by atoms with Crippen LogP contribution in [0.5, 0.6) is 0 Å². The molecule has 31 heavy (non-hydrogen) atoms. The van der Waals surface area contributed by atoms with E-state index in [0.717, 1.165) is 6.07 Å².